The van der Waals surface area contributed by atoms with E-state index in [-0.39, 0.29) is 12.1 Å². The molecule has 0 amide bonds. The molecule has 3 atom stereocenters. The number of halogens is 1. The summed E-state index contributed by atoms with van der Waals surface area (Å²) in [5.41, 5.74) is 0.782. The van der Waals surface area contributed by atoms with E-state index < -0.39 is 0 Å². The Kier molecular flexibility index (Phi) is 4.53. The van der Waals surface area contributed by atoms with Crippen LogP contribution in [-0.2, 0) is 4.74 Å². The van der Waals surface area contributed by atoms with Gasteiger partial charge in [-0.15, -0.1) is 0 Å². The molecule has 2 aromatic rings. The van der Waals surface area contributed by atoms with Gasteiger partial charge in [-0.1, -0.05) is 30.7 Å². The Hall–Kier alpha value is -1.03. The van der Waals surface area contributed by atoms with Crippen molar-refractivity contribution in [2.24, 2.45) is 5.92 Å². The Morgan fingerprint density at radius 2 is 2.29 bits per heavy atom. The first-order chi connectivity index (χ1) is 10.2. The third kappa shape index (κ3) is 2.96. The van der Waals surface area contributed by atoms with Gasteiger partial charge in [-0.25, -0.2) is 0 Å². The maximum absolute atomic E-state index is 6.23. The minimum atomic E-state index is 0.186. The molecule has 0 aliphatic carbocycles. The molecule has 3 rings (SSSR count). The van der Waals surface area contributed by atoms with Gasteiger partial charge in [0.25, 0.3) is 0 Å². The third-order valence-electron chi connectivity index (χ3n) is 4.30. The van der Waals surface area contributed by atoms with Crippen LogP contribution in [0.1, 0.15) is 38.5 Å². The maximum atomic E-state index is 6.23. The van der Waals surface area contributed by atoms with Gasteiger partial charge < -0.3 is 14.5 Å². The minimum absolute atomic E-state index is 0.186. The van der Waals surface area contributed by atoms with Gasteiger partial charge in [-0.05, 0) is 38.4 Å². The van der Waals surface area contributed by atoms with Crippen LogP contribution in [0.25, 0.3) is 11.0 Å². The molecule has 1 aromatic heterocycles. The van der Waals surface area contributed by atoms with Gasteiger partial charge in [-0.2, -0.15) is 0 Å². The fourth-order valence-corrected chi connectivity index (χ4v) is 3.37. The summed E-state index contributed by atoms with van der Waals surface area (Å²) in [4.78, 5) is 0. The predicted molar refractivity (Wildman–Crippen MR) is 85.8 cm³/mol. The van der Waals surface area contributed by atoms with E-state index in [9.17, 15) is 0 Å². The number of fused-ring (bicyclic) bond motifs is 1. The molecule has 0 radical (unpaired) electrons. The summed E-state index contributed by atoms with van der Waals surface area (Å²) >= 11 is 6.23. The molecule has 0 spiro atoms. The number of nitrogens with one attached hydrogen (secondary N) is 1. The second-order valence-electron chi connectivity index (χ2n) is 5.77. The lowest BCUT2D eigenvalue weighted by molar-refractivity contribution is 0.0927. The van der Waals surface area contributed by atoms with Crippen LogP contribution in [0, 0.1) is 5.92 Å². The summed E-state index contributed by atoms with van der Waals surface area (Å²) in [5.74, 6) is 1.41. The van der Waals surface area contributed by atoms with Crippen LogP contribution in [0.4, 0.5) is 0 Å². The molecular formula is C17H22ClNO2. The van der Waals surface area contributed by atoms with Crippen LogP contribution in [0.5, 0.6) is 0 Å². The summed E-state index contributed by atoms with van der Waals surface area (Å²) < 4.78 is 11.8. The quantitative estimate of drug-likeness (QED) is 0.880. The molecule has 1 saturated heterocycles. The van der Waals surface area contributed by atoms with Crippen LogP contribution in [0.3, 0.4) is 0 Å². The van der Waals surface area contributed by atoms with Gasteiger partial charge in [0.2, 0.25) is 0 Å². The number of furan rings is 1. The minimum Gasteiger partial charge on any atom is -0.458 e. The first-order valence-electron chi connectivity index (χ1n) is 7.73. The van der Waals surface area contributed by atoms with Gasteiger partial charge >= 0.3 is 0 Å². The fourth-order valence-electron chi connectivity index (χ4n) is 3.15. The van der Waals surface area contributed by atoms with Crippen LogP contribution in [0.15, 0.2) is 28.7 Å². The lowest BCUT2D eigenvalue weighted by Crippen LogP contribution is -2.32. The first kappa shape index (κ1) is 14.9. The van der Waals surface area contributed by atoms with Crippen molar-refractivity contribution in [2.75, 3.05) is 13.2 Å². The zero-order valence-electron chi connectivity index (χ0n) is 12.6. The Balaban J connectivity index is 1.95. The number of hydrogen-bond acceptors (Lipinski definition) is 3. The summed E-state index contributed by atoms with van der Waals surface area (Å²) in [6.45, 7) is 6.12. The number of benzene rings is 1. The second-order valence-corrected chi connectivity index (χ2v) is 6.17. The van der Waals surface area contributed by atoms with E-state index in [1.54, 1.807) is 0 Å². The highest BCUT2D eigenvalue weighted by molar-refractivity contribution is 6.34. The van der Waals surface area contributed by atoms with E-state index in [2.05, 4.69) is 25.2 Å². The van der Waals surface area contributed by atoms with Crippen molar-refractivity contribution >= 4 is 22.6 Å². The highest BCUT2D eigenvalue weighted by atomic mass is 35.5. The van der Waals surface area contributed by atoms with Gasteiger partial charge in [0, 0.05) is 17.9 Å². The number of rotatable bonds is 5. The van der Waals surface area contributed by atoms with E-state index in [0.29, 0.717) is 10.9 Å². The van der Waals surface area contributed by atoms with Crippen molar-refractivity contribution in [3.8, 4) is 0 Å². The Bertz CT molecular complexity index is 610. The van der Waals surface area contributed by atoms with Gasteiger partial charge in [0.1, 0.15) is 5.76 Å². The number of hydrogen-bond donors (Lipinski definition) is 1. The molecule has 3 nitrogen and oxygen atoms in total. The zero-order chi connectivity index (χ0) is 14.8. The van der Waals surface area contributed by atoms with E-state index >= 15 is 0 Å². The summed E-state index contributed by atoms with van der Waals surface area (Å²) in [6, 6.07) is 8.16. The van der Waals surface area contributed by atoms with Crippen molar-refractivity contribution in [1.29, 1.82) is 0 Å². The molecule has 1 fully saturated rings. The number of para-hydroxylation sites is 1. The Morgan fingerprint density at radius 3 is 2.95 bits per heavy atom. The Labute approximate surface area is 130 Å². The third-order valence-corrected chi connectivity index (χ3v) is 4.60. The van der Waals surface area contributed by atoms with Gasteiger partial charge in [-0.3, -0.25) is 0 Å². The van der Waals surface area contributed by atoms with E-state index in [0.717, 1.165) is 42.7 Å². The van der Waals surface area contributed by atoms with Gasteiger partial charge in [0.15, 0.2) is 5.58 Å². The standard InChI is InChI=1S/C17H22ClNO2/c1-3-8-19-16(13-7-9-20-11(13)2)15-10-12-5-4-6-14(18)17(12)21-15/h4-6,10-11,13,16,19H,3,7-9H2,1-2H3. The average Bonchev–Trinajstić information content (AvgIpc) is 3.07. The summed E-state index contributed by atoms with van der Waals surface area (Å²) in [5, 5.41) is 5.35. The largest absolute Gasteiger partial charge is 0.458 e. The predicted octanol–water partition coefficient (Wildman–Crippen LogP) is 4.55. The molecule has 3 unspecified atom stereocenters. The molecule has 1 aliphatic rings. The molecule has 21 heavy (non-hydrogen) atoms. The van der Waals surface area contributed by atoms with Crippen molar-refractivity contribution < 1.29 is 9.15 Å². The molecule has 0 bridgehead atoms. The second kappa shape index (κ2) is 6.39. The lowest BCUT2D eigenvalue weighted by atomic mass is 9.91. The highest BCUT2D eigenvalue weighted by Gasteiger charge is 2.34. The molecule has 1 aromatic carbocycles. The SMILES string of the molecule is CCCNC(c1cc2cccc(Cl)c2o1)C1CCOC1C. The molecule has 1 N–H and O–H groups in total. The van der Waals surface area contributed by atoms with E-state index in [1.807, 2.05) is 18.2 Å². The van der Waals surface area contributed by atoms with Crippen molar-refractivity contribution in [3.63, 3.8) is 0 Å². The molecule has 1 aliphatic heterocycles. The van der Waals surface area contributed by atoms with E-state index in [4.69, 9.17) is 20.8 Å². The van der Waals surface area contributed by atoms with Crippen LogP contribution >= 0.6 is 11.6 Å². The van der Waals surface area contributed by atoms with Crippen molar-refractivity contribution in [3.05, 3.63) is 35.0 Å². The first-order valence-corrected chi connectivity index (χ1v) is 8.11. The zero-order valence-corrected chi connectivity index (χ0v) is 13.3. The monoisotopic (exact) mass is 307 g/mol. The average molecular weight is 308 g/mol. The molecule has 114 valence electrons. The lowest BCUT2D eigenvalue weighted by Gasteiger charge is -2.25. The maximum Gasteiger partial charge on any atom is 0.152 e. The molecule has 0 saturated carbocycles. The molecule has 4 heteroatoms. The van der Waals surface area contributed by atoms with Gasteiger partial charge in [0.05, 0.1) is 17.2 Å². The molecule has 2 heterocycles. The van der Waals surface area contributed by atoms with Crippen molar-refractivity contribution in [1.82, 2.24) is 5.32 Å². The van der Waals surface area contributed by atoms with E-state index in [1.165, 1.54) is 0 Å². The highest BCUT2D eigenvalue weighted by Crippen LogP contribution is 2.37. The summed E-state index contributed by atoms with van der Waals surface area (Å²) in [7, 11) is 0. The van der Waals surface area contributed by atoms with Crippen LogP contribution < -0.4 is 5.32 Å². The molecular weight excluding hydrogens is 286 g/mol. The van der Waals surface area contributed by atoms with Crippen LogP contribution in [-0.4, -0.2) is 19.3 Å². The normalized spacial score (nSPS) is 23.8. The topological polar surface area (TPSA) is 34.4 Å². The number of ether oxygens (including phenoxy) is 1. The smallest absolute Gasteiger partial charge is 0.152 e. The summed E-state index contributed by atoms with van der Waals surface area (Å²) in [6.07, 6.45) is 2.41. The fraction of sp³-hybridized carbons (Fsp3) is 0.529. The Morgan fingerprint density at radius 1 is 1.43 bits per heavy atom. The van der Waals surface area contributed by atoms with Crippen LogP contribution in [0.2, 0.25) is 5.02 Å². The van der Waals surface area contributed by atoms with Crippen molar-refractivity contribution in [2.45, 2.75) is 38.8 Å².